The molecule has 1 aromatic carbocycles. The van der Waals surface area contributed by atoms with Crippen LogP contribution in [-0.2, 0) is 0 Å². The summed E-state index contributed by atoms with van der Waals surface area (Å²) < 4.78 is 5.32. The van der Waals surface area contributed by atoms with Crippen LogP contribution in [0, 0.1) is 0 Å². The minimum absolute atomic E-state index is 0.0522. The molecular formula is C12H16O3. The van der Waals surface area contributed by atoms with Crippen LogP contribution in [0.25, 0.3) is 0 Å². The number of aromatic hydroxyl groups is 1. The van der Waals surface area contributed by atoms with E-state index in [0.717, 1.165) is 6.42 Å². The summed E-state index contributed by atoms with van der Waals surface area (Å²) in [5.74, 6) is 0.517. The summed E-state index contributed by atoms with van der Waals surface area (Å²) in [4.78, 5) is 11.4. The van der Waals surface area contributed by atoms with Crippen LogP contribution < -0.4 is 4.74 Å². The second kappa shape index (κ2) is 5.39. The van der Waals surface area contributed by atoms with Crippen molar-refractivity contribution in [1.29, 1.82) is 0 Å². The van der Waals surface area contributed by atoms with Gasteiger partial charge in [0.05, 0.1) is 6.61 Å². The highest BCUT2D eigenvalue weighted by Gasteiger charge is 2.08. The van der Waals surface area contributed by atoms with E-state index in [-0.39, 0.29) is 11.5 Å². The van der Waals surface area contributed by atoms with Crippen molar-refractivity contribution in [3.63, 3.8) is 0 Å². The Balaban J connectivity index is 2.89. The smallest absolute Gasteiger partial charge is 0.162 e. The third-order valence-corrected chi connectivity index (χ3v) is 2.06. The standard InChI is InChI=1S/C12H16O3/c1-3-7-15-12-8-9(10(13)4-2)5-6-11(12)14/h5-6,8,14H,3-4,7H2,1-2H3. The number of phenolic OH excluding ortho intramolecular Hbond substituents is 1. The summed E-state index contributed by atoms with van der Waals surface area (Å²) in [6, 6.07) is 4.70. The van der Waals surface area contributed by atoms with Crippen LogP contribution in [-0.4, -0.2) is 17.5 Å². The number of hydrogen-bond acceptors (Lipinski definition) is 3. The van der Waals surface area contributed by atoms with Crippen molar-refractivity contribution in [2.45, 2.75) is 26.7 Å². The monoisotopic (exact) mass is 208 g/mol. The van der Waals surface area contributed by atoms with Crippen LogP contribution >= 0.6 is 0 Å². The normalized spacial score (nSPS) is 10.0. The first kappa shape index (κ1) is 11.6. The van der Waals surface area contributed by atoms with E-state index in [9.17, 15) is 9.90 Å². The molecule has 1 aromatic rings. The van der Waals surface area contributed by atoms with Crippen molar-refractivity contribution in [3.8, 4) is 11.5 Å². The van der Waals surface area contributed by atoms with E-state index < -0.39 is 0 Å². The minimum Gasteiger partial charge on any atom is -0.504 e. The van der Waals surface area contributed by atoms with Gasteiger partial charge in [-0.1, -0.05) is 13.8 Å². The highest BCUT2D eigenvalue weighted by molar-refractivity contribution is 5.96. The Labute approximate surface area is 89.7 Å². The van der Waals surface area contributed by atoms with Crippen molar-refractivity contribution < 1.29 is 14.6 Å². The molecular weight excluding hydrogens is 192 g/mol. The number of carbonyl (C=O) groups excluding carboxylic acids is 1. The van der Waals surface area contributed by atoms with Gasteiger partial charge < -0.3 is 9.84 Å². The zero-order chi connectivity index (χ0) is 11.3. The number of ether oxygens (including phenoxy) is 1. The third kappa shape index (κ3) is 2.98. The molecule has 0 amide bonds. The molecule has 1 rings (SSSR count). The van der Waals surface area contributed by atoms with E-state index in [0.29, 0.717) is 24.3 Å². The summed E-state index contributed by atoms with van der Waals surface area (Å²) in [6.07, 6.45) is 1.32. The molecule has 0 heterocycles. The van der Waals surface area contributed by atoms with Crippen LogP contribution in [0.15, 0.2) is 18.2 Å². The molecule has 0 saturated heterocycles. The van der Waals surface area contributed by atoms with Crippen molar-refractivity contribution in [2.24, 2.45) is 0 Å². The second-order valence-electron chi connectivity index (χ2n) is 3.31. The summed E-state index contributed by atoms with van der Waals surface area (Å²) >= 11 is 0. The van der Waals surface area contributed by atoms with Gasteiger partial charge in [-0.2, -0.15) is 0 Å². The first-order valence-electron chi connectivity index (χ1n) is 5.18. The predicted octanol–water partition coefficient (Wildman–Crippen LogP) is 2.77. The Hall–Kier alpha value is -1.51. The molecule has 0 aliphatic rings. The highest BCUT2D eigenvalue weighted by Crippen LogP contribution is 2.27. The number of rotatable bonds is 5. The zero-order valence-electron chi connectivity index (χ0n) is 9.12. The fourth-order valence-electron chi connectivity index (χ4n) is 1.22. The van der Waals surface area contributed by atoms with Crippen molar-refractivity contribution >= 4 is 5.78 Å². The lowest BCUT2D eigenvalue weighted by Gasteiger charge is -2.08. The van der Waals surface area contributed by atoms with Gasteiger partial charge in [0.25, 0.3) is 0 Å². The molecule has 82 valence electrons. The van der Waals surface area contributed by atoms with Gasteiger partial charge >= 0.3 is 0 Å². The molecule has 0 aliphatic heterocycles. The molecule has 0 spiro atoms. The SMILES string of the molecule is CCCOc1cc(C(=O)CC)ccc1O. The maximum Gasteiger partial charge on any atom is 0.162 e. The van der Waals surface area contributed by atoms with E-state index in [1.54, 1.807) is 12.1 Å². The molecule has 0 unspecified atom stereocenters. The summed E-state index contributed by atoms with van der Waals surface area (Å²) in [6.45, 7) is 4.33. The highest BCUT2D eigenvalue weighted by atomic mass is 16.5. The molecule has 0 atom stereocenters. The fourth-order valence-corrected chi connectivity index (χ4v) is 1.22. The van der Waals surface area contributed by atoms with Gasteiger partial charge in [0.1, 0.15) is 0 Å². The Morgan fingerprint density at radius 3 is 2.73 bits per heavy atom. The Bertz CT molecular complexity index is 345. The summed E-state index contributed by atoms with van der Waals surface area (Å²) in [5, 5.41) is 9.48. The molecule has 3 heteroatoms. The van der Waals surface area contributed by atoms with Crippen LogP contribution in [0.1, 0.15) is 37.0 Å². The van der Waals surface area contributed by atoms with E-state index >= 15 is 0 Å². The average molecular weight is 208 g/mol. The van der Waals surface area contributed by atoms with Gasteiger partial charge in [0.2, 0.25) is 0 Å². The molecule has 0 radical (unpaired) electrons. The summed E-state index contributed by atoms with van der Waals surface area (Å²) in [5.41, 5.74) is 0.585. The fraction of sp³-hybridized carbons (Fsp3) is 0.417. The van der Waals surface area contributed by atoms with Gasteiger partial charge in [0, 0.05) is 12.0 Å². The zero-order valence-corrected chi connectivity index (χ0v) is 9.12. The maximum atomic E-state index is 11.4. The summed E-state index contributed by atoms with van der Waals surface area (Å²) in [7, 11) is 0. The van der Waals surface area contributed by atoms with Crippen molar-refractivity contribution in [1.82, 2.24) is 0 Å². The van der Waals surface area contributed by atoms with Crippen molar-refractivity contribution in [3.05, 3.63) is 23.8 Å². The number of phenols is 1. The Kier molecular flexibility index (Phi) is 4.16. The first-order valence-corrected chi connectivity index (χ1v) is 5.18. The maximum absolute atomic E-state index is 11.4. The topological polar surface area (TPSA) is 46.5 Å². The van der Waals surface area contributed by atoms with Gasteiger partial charge in [-0.25, -0.2) is 0 Å². The van der Waals surface area contributed by atoms with Crippen molar-refractivity contribution in [2.75, 3.05) is 6.61 Å². The third-order valence-electron chi connectivity index (χ3n) is 2.06. The molecule has 0 fully saturated rings. The van der Waals surface area contributed by atoms with E-state index in [1.807, 2.05) is 13.8 Å². The average Bonchev–Trinajstić information content (AvgIpc) is 2.27. The van der Waals surface area contributed by atoms with Crippen LogP contribution in [0.3, 0.4) is 0 Å². The Morgan fingerprint density at radius 1 is 1.40 bits per heavy atom. The van der Waals surface area contributed by atoms with Gasteiger partial charge in [-0.3, -0.25) is 4.79 Å². The molecule has 0 bridgehead atoms. The van der Waals surface area contributed by atoms with Gasteiger partial charge in [-0.05, 0) is 24.6 Å². The molecule has 0 aromatic heterocycles. The Morgan fingerprint density at radius 2 is 2.13 bits per heavy atom. The van der Waals surface area contributed by atoms with Crippen LogP contribution in [0.5, 0.6) is 11.5 Å². The molecule has 15 heavy (non-hydrogen) atoms. The largest absolute Gasteiger partial charge is 0.504 e. The van der Waals surface area contributed by atoms with Gasteiger partial charge in [0.15, 0.2) is 17.3 Å². The predicted molar refractivity (Wildman–Crippen MR) is 58.5 cm³/mol. The van der Waals surface area contributed by atoms with Crippen LogP contribution in [0.4, 0.5) is 0 Å². The number of hydrogen-bond donors (Lipinski definition) is 1. The van der Waals surface area contributed by atoms with E-state index in [4.69, 9.17) is 4.74 Å². The molecule has 0 aliphatic carbocycles. The second-order valence-corrected chi connectivity index (χ2v) is 3.31. The minimum atomic E-state index is 0.0522. The first-order chi connectivity index (χ1) is 7.19. The number of ketones is 1. The quantitative estimate of drug-likeness (QED) is 0.757. The molecule has 0 saturated carbocycles. The van der Waals surface area contributed by atoms with Gasteiger partial charge in [-0.15, -0.1) is 0 Å². The van der Waals surface area contributed by atoms with E-state index in [2.05, 4.69) is 0 Å². The lowest BCUT2D eigenvalue weighted by Crippen LogP contribution is -1.99. The number of Topliss-reactive ketones (excluding diaryl/α,β-unsaturated/α-hetero) is 1. The molecule has 1 N–H and O–H groups in total. The lowest BCUT2D eigenvalue weighted by molar-refractivity contribution is 0.0987. The van der Waals surface area contributed by atoms with E-state index in [1.165, 1.54) is 6.07 Å². The molecule has 3 nitrogen and oxygen atoms in total. The number of benzene rings is 1. The number of carbonyl (C=O) groups is 1. The lowest BCUT2D eigenvalue weighted by atomic mass is 10.1. The van der Waals surface area contributed by atoms with Crippen LogP contribution in [0.2, 0.25) is 0 Å².